The molecule has 3 aromatic rings. The fourth-order valence-corrected chi connectivity index (χ4v) is 2.87. The molecule has 3 rings (SSSR count). The zero-order chi connectivity index (χ0) is 18.0. The normalized spacial score (nSPS) is 11.1. The van der Waals surface area contributed by atoms with Crippen molar-refractivity contribution in [2.24, 2.45) is 0 Å². The molecule has 1 heterocycles. The van der Waals surface area contributed by atoms with E-state index >= 15 is 0 Å². The average Bonchev–Trinajstić information content (AvgIpc) is 2.99. The molecule has 5 heteroatoms. The summed E-state index contributed by atoms with van der Waals surface area (Å²) in [7, 11) is 3.92. The van der Waals surface area contributed by atoms with E-state index in [0.29, 0.717) is 12.1 Å². The number of nitrogens with zero attached hydrogens (tertiary/aromatic N) is 3. The van der Waals surface area contributed by atoms with E-state index in [-0.39, 0.29) is 11.9 Å². The number of carbonyl (C=O) groups excluding carboxylic acids is 1. The first-order valence-electron chi connectivity index (χ1n) is 8.49. The molecule has 1 aromatic heterocycles. The fourth-order valence-electron chi connectivity index (χ4n) is 2.87. The van der Waals surface area contributed by atoms with Gasteiger partial charge in [0.15, 0.2) is 0 Å². The summed E-state index contributed by atoms with van der Waals surface area (Å²) in [5.74, 6) is -0.0909. The molecule has 5 nitrogen and oxygen atoms in total. The first kappa shape index (κ1) is 17.0. The number of aromatic nitrogens is 2. The Morgan fingerprint density at radius 3 is 2.64 bits per heavy atom. The van der Waals surface area contributed by atoms with Crippen molar-refractivity contribution in [3.8, 4) is 0 Å². The van der Waals surface area contributed by atoms with Gasteiger partial charge in [-0.25, -0.2) is 0 Å². The molecule has 0 bridgehead atoms. The average molecular weight is 336 g/mol. The fraction of sp³-hybridized carbons (Fsp3) is 0.300. The predicted octanol–water partition coefficient (Wildman–Crippen LogP) is 3.61. The summed E-state index contributed by atoms with van der Waals surface area (Å²) in [6, 6.07) is 16.0. The molecule has 0 unspecified atom stereocenters. The lowest BCUT2D eigenvalue weighted by Gasteiger charge is -2.13. The molecule has 0 aliphatic carbocycles. The number of fused-ring (bicyclic) bond motifs is 1. The van der Waals surface area contributed by atoms with Crippen LogP contribution in [-0.2, 0) is 6.54 Å². The molecule has 0 fully saturated rings. The van der Waals surface area contributed by atoms with Crippen LogP contribution in [0.5, 0.6) is 0 Å². The summed E-state index contributed by atoms with van der Waals surface area (Å²) in [5, 5.41) is 8.77. The highest BCUT2D eigenvalue weighted by molar-refractivity contribution is 5.95. The molecule has 1 amide bonds. The molecular formula is C20H24N4O. The van der Waals surface area contributed by atoms with Gasteiger partial charge in [-0.2, -0.15) is 5.10 Å². The predicted molar refractivity (Wildman–Crippen MR) is 102 cm³/mol. The minimum Gasteiger partial charge on any atom is -0.378 e. The molecule has 0 saturated heterocycles. The lowest BCUT2D eigenvalue weighted by atomic mass is 10.1. The van der Waals surface area contributed by atoms with E-state index in [1.54, 1.807) is 0 Å². The van der Waals surface area contributed by atoms with Crippen molar-refractivity contribution in [1.29, 1.82) is 0 Å². The molecule has 0 aliphatic rings. The molecule has 0 aliphatic heterocycles. The lowest BCUT2D eigenvalue weighted by molar-refractivity contribution is 0.0950. The van der Waals surface area contributed by atoms with Gasteiger partial charge in [0.25, 0.3) is 5.91 Å². The van der Waals surface area contributed by atoms with Crippen LogP contribution in [0.2, 0.25) is 0 Å². The van der Waals surface area contributed by atoms with Crippen LogP contribution < -0.4 is 10.2 Å². The maximum absolute atomic E-state index is 12.5. The smallest absolute Gasteiger partial charge is 0.251 e. The second kappa shape index (κ2) is 6.97. The zero-order valence-corrected chi connectivity index (χ0v) is 15.2. The van der Waals surface area contributed by atoms with Gasteiger partial charge in [-0.3, -0.25) is 9.48 Å². The number of benzene rings is 2. The Labute approximate surface area is 148 Å². The van der Waals surface area contributed by atoms with Crippen LogP contribution >= 0.6 is 0 Å². The van der Waals surface area contributed by atoms with Gasteiger partial charge in [-0.15, -0.1) is 0 Å². The van der Waals surface area contributed by atoms with Gasteiger partial charge in [0.2, 0.25) is 0 Å². The van der Waals surface area contributed by atoms with E-state index < -0.39 is 0 Å². The van der Waals surface area contributed by atoms with E-state index in [0.717, 1.165) is 22.3 Å². The third-order valence-electron chi connectivity index (χ3n) is 4.22. The summed E-state index contributed by atoms with van der Waals surface area (Å²) in [5.41, 5.74) is 3.64. The van der Waals surface area contributed by atoms with Crippen molar-refractivity contribution >= 4 is 22.5 Å². The quantitative estimate of drug-likeness (QED) is 0.774. The molecule has 0 atom stereocenters. The Hall–Kier alpha value is -2.82. The molecular weight excluding hydrogens is 312 g/mol. The summed E-state index contributed by atoms with van der Waals surface area (Å²) in [6.45, 7) is 4.62. The van der Waals surface area contributed by atoms with E-state index in [1.807, 2.05) is 60.1 Å². The summed E-state index contributed by atoms with van der Waals surface area (Å²) in [4.78, 5) is 14.5. The van der Waals surface area contributed by atoms with Crippen LogP contribution in [-0.4, -0.2) is 29.8 Å². The minimum atomic E-state index is -0.0909. The first-order chi connectivity index (χ1) is 12.0. The molecule has 2 aromatic carbocycles. The molecule has 130 valence electrons. The molecule has 0 saturated carbocycles. The number of anilines is 1. The van der Waals surface area contributed by atoms with Gasteiger partial charge in [0, 0.05) is 36.8 Å². The van der Waals surface area contributed by atoms with Gasteiger partial charge in [0.1, 0.15) is 0 Å². The number of carbonyl (C=O) groups is 1. The zero-order valence-electron chi connectivity index (χ0n) is 15.2. The Bertz CT molecular complexity index is 896. The molecule has 0 radical (unpaired) electrons. The van der Waals surface area contributed by atoms with Gasteiger partial charge < -0.3 is 10.2 Å². The highest BCUT2D eigenvalue weighted by atomic mass is 16.1. The third-order valence-corrected chi connectivity index (χ3v) is 4.22. The first-order valence-corrected chi connectivity index (χ1v) is 8.49. The SMILES string of the molecule is CC(C)n1nc(CNC(=O)c2cccc(N(C)C)c2)c2ccccc21. The second-order valence-electron chi connectivity index (χ2n) is 6.63. The highest BCUT2D eigenvalue weighted by Crippen LogP contribution is 2.21. The van der Waals surface area contributed by atoms with E-state index in [4.69, 9.17) is 5.10 Å². The monoisotopic (exact) mass is 336 g/mol. The number of nitrogens with one attached hydrogen (secondary N) is 1. The van der Waals surface area contributed by atoms with Crippen LogP contribution in [0.3, 0.4) is 0 Å². The van der Waals surface area contributed by atoms with Crippen LogP contribution in [0.25, 0.3) is 10.9 Å². The summed E-state index contributed by atoms with van der Waals surface area (Å²) < 4.78 is 2.00. The van der Waals surface area contributed by atoms with E-state index in [1.165, 1.54) is 0 Å². The molecule has 0 spiro atoms. The van der Waals surface area contributed by atoms with Crippen molar-refractivity contribution < 1.29 is 4.79 Å². The number of hydrogen-bond acceptors (Lipinski definition) is 3. The minimum absolute atomic E-state index is 0.0909. The van der Waals surface area contributed by atoms with E-state index in [9.17, 15) is 4.79 Å². The van der Waals surface area contributed by atoms with Crippen molar-refractivity contribution in [2.45, 2.75) is 26.4 Å². The Balaban J connectivity index is 1.81. The number of amides is 1. The highest BCUT2D eigenvalue weighted by Gasteiger charge is 2.13. The number of para-hydroxylation sites is 1. The standard InChI is InChI=1S/C20H24N4O/c1-14(2)24-19-11-6-5-10-17(19)18(22-24)13-21-20(25)15-8-7-9-16(12-15)23(3)4/h5-12,14H,13H2,1-4H3,(H,21,25). The van der Waals surface area contributed by atoms with Crippen molar-refractivity contribution in [1.82, 2.24) is 15.1 Å². The van der Waals surface area contributed by atoms with Gasteiger partial charge >= 0.3 is 0 Å². The van der Waals surface area contributed by atoms with Crippen molar-refractivity contribution in [3.63, 3.8) is 0 Å². The van der Waals surface area contributed by atoms with Crippen LogP contribution in [0.4, 0.5) is 5.69 Å². The van der Waals surface area contributed by atoms with Crippen molar-refractivity contribution in [2.75, 3.05) is 19.0 Å². The largest absolute Gasteiger partial charge is 0.378 e. The van der Waals surface area contributed by atoms with Gasteiger partial charge in [0.05, 0.1) is 17.8 Å². The van der Waals surface area contributed by atoms with Gasteiger partial charge in [-0.1, -0.05) is 24.3 Å². The van der Waals surface area contributed by atoms with Crippen LogP contribution in [0, 0.1) is 0 Å². The maximum atomic E-state index is 12.5. The van der Waals surface area contributed by atoms with Crippen LogP contribution in [0.1, 0.15) is 35.9 Å². The second-order valence-corrected chi connectivity index (χ2v) is 6.63. The molecule has 1 N–H and O–H groups in total. The van der Waals surface area contributed by atoms with Crippen LogP contribution in [0.15, 0.2) is 48.5 Å². The van der Waals surface area contributed by atoms with Crippen molar-refractivity contribution in [3.05, 3.63) is 59.8 Å². The third kappa shape index (κ3) is 3.50. The number of rotatable bonds is 5. The Kier molecular flexibility index (Phi) is 4.74. The summed E-state index contributed by atoms with van der Waals surface area (Å²) in [6.07, 6.45) is 0. The Morgan fingerprint density at radius 2 is 1.92 bits per heavy atom. The maximum Gasteiger partial charge on any atom is 0.251 e. The summed E-state index contributed by atoms with van der Waals surface area (Å²) >= 11 is 0. The van der Waals surface area contributed by atoms with E-state index in [2.05, 4.69) is 31.3 Å². The lowest BCUT2D eigenvalue weighted by Crippen LogP contribution is -2.23. The van der Waals surface area contributed by atoms with Gasteiger partial charge in [-0.05, 0) is 38.1 Å². The Morgan fingerprint density at radius 1 is 1.16 bits per heavy atom. The number of hydrogen-bond donors (Lipinski definition) is 1. The topological polar surface area (TPSA) is 50.2 Å². The molecule has 25 heavy (non-hydrogen) atoms.